The van der Waals surface area contributed by atoms with Gasteiger partial charge in [-0.3, -0.25) is 0 Å². The zero-order chi connectivity index (χ0) is 24.8. The van der Waals surface area contributed by atoms with Crippen LogP contribution in [0.25, 0.3) is 6.08 Å². The van der Waals surface area contributed by atoms with E-state index in [2.05, 4.69) is 85.2 Å². The summed E-state index contributed by atoms with van der Waals surface area (Å²) in [5, 5.41) is 0. The molecule has 0 aliphatic heterocycles. The number of methoxy groups -OCH3 is 1. The van der Waals surface area contributed by atoms with Crippen LogP contribution in [0.15, 0.2) is 54.6 Å². The van der Waals surface area contributed by atoms with Crippen molar-refractivity contribution in [1.82, 2.24) is 0 Å². The molecule has 0 saturated heterocycles. The van der Waals surface area contributed by atoms with Crippen LogP contribution in [0.3, 0.4) is 0 Å². The Kier molecular flexibility index (Phi) is 8.93. The van der Waals surface area contributed by atoms with Gasteiger partial charge in [0.25, 0.3) is 0 Å². The Hall–Kier alpha value is -1.86. The van der Waals surface area contributed by atoms with E-state index < -0.39 is 0 Å². The van der Waals surface area contributed by atoms with Crippen molar-refractivity contribution in [3.05, 3.63) is 65.7 Å². The molecule has 2 saturated carbocycles. The van der Waals surface area contributed by atoms with Gasteiger partial charge in [-0.2, -0.15) is 0 Å². The van der Waals surface area contributed by atoms with Crippen LogP contribution >= 0.6 is 0 Å². The van der Waals surface area contributed by atoms with Crippen LogP contribution < -0.4 is 9.47 Å². The second-order valence-corrected chi connectivity index (χ2v) is 11.5. The molecule has 3 nitrogen and oxygen atoms in total. The molecule has 2 aliphatic rings. The zero-order valence-electron chi connectivity index (χ0n) is 21.7. The molecular formula is C31H40CrO3. The van der Waals surface area contributed by atoms with Crippen molar-refractivity contribution >= 4 is 10.6 Å². The van der Waals surface area contributed by atoms with Gasteiger partial charge in [-0.15, -0.1) is 0 Å². The third kappa shape index (κ3) is 6.68. The first-order valence-electron chi connectivity index (χ1n) is 13.2. The molecule has 2 aromatic carbocycles. The van der Waals surface area contributed by atoms with E-state index in [-0.39, 0.29) is 11.5 Å². The van der Waals surface area contributed by atoms with E-state index in [1.807, 2.05) is 12.1 Å². The van der Waals surface area contributed by atoms with Gasteiger partial charge in [0.05, 0.1) is 0 Å². The average molecular weight is 513 g/mol. The van der Waals surface area contributed by atoms with Gasteiger partial charge in [0, 0.05) is 0 Å². The van der Waals surface area contributed by atoms with Crippen LogP contribution in [0.5, 0.6) is 11.5 Å². The Bertz CT molecular complexity index is 1010. The van der Waals surface area contributed by atoms with Gasteiger partial charge in [-0.1, -0.05) is 0 Å². The van der Waals surface area contributed by atoms with E-state index >= 15 is 0 Å². The van der Waals surface area contributed by atoms with Gasteiger partial charge in [0.1, 0.15) is 0 Å². The van der Waals surface area contributed by atoms with Crippen molar-refractivity contribution < 1.29 is 30.1 Å². The Morgan fingerprint density at radius 2 is 1.71 bits per heavy atom. The van der Waals surface area contributed by atoms with Crippen molar-refractivity contribution in [2.24, 2.45) is 11.8 Å². The standard InChI is InChI=1S/C31H40O3.Cr/c1-23-16-18-27(31(2,3)25-12-6-5-7-13-25)29(21-23)33-20-10-11-24-17-19-28(32-4)30(22-24)34-26-14-8-9-15-26;/h5-7,10-13,17,19,22-23,26-27,29H,8-9,14-16,18,21H2,1-4H3;/b11-10+;/t23-,27-,29-;/m1./s1. The molecule has 0 N–H and O–H groups in total. The number of benzene rings is 2. The van der Waals surface area contributed by atoms with E-state index in [9.17, 15) is 0 Å². The normalized spacial score (nSPS) is 23.5. The molecule has 0 unspecified atom stereocenters. The van der Waals surface area contributed by atoms with E-state index in [0.29, 0.717) is 17.9 Å². The summed E-state index contributed by atoms with van der Waals surface area (Å²) in [6, 6.07) is 17.0. The molecule has 0 radical (unpaired) electrons. The second-order valence-electron chi connectivity index (χ2n) is 10.9. The van der Waals surface area contributed by atoms with Crippen LogP contribution in [-0.2, 0) is 26.0 Å². The SMILES string of the molecule is COc1ccc(/C=C/[C](=[Cr])O[C@@H]2C[C@H](C)CC[C@H]2C(C)(C)c2ccccc2)cc1OC1CCCC1. The van der Waals surface area contributed by atoms with Gasteiger partial charge < -0.3 is 0 Å². The minimum absolute atomic E-state index is 0.0541. The number of rotatable bonds is 9. The summed E-state index contributed by atoms with van der Waals surface area (Å²) in [6.07, 6.45) is 12.9. The summed E-state index contributed by atoms with van der Waals surface area (Å²) in [5.74, 6) is 2.76. The fraction of sp³-hybridized carbons (Fsp3) is 0.516. The van der Waals surface area contributed by atoms with Gasteiger partial charge in [-0.25, -0.2) is 0 Å². The maximum atomic E-state index is 6.61. The van der Waals surface area contributed by atoms with Gasteiger partial charge in [0.15, 0.2) is 0 Å². The monoisotopic (exact) mass is 512 g/mol. The Morgan fingerprint density at radius 1 is 0.971 bits per heavy atom. The molecule has 0 bridgehead atoms. The predicted octanol–water partition coefficient (Wildman–Crippen LogP) is 7.51. The van der Waals surface area contributed by atoms with Crippen LogP contribution in [0.1, 0.15) is 76.8 Å². The molecular weight excluding hydrogens is 472 g/mol. The van der Waals surface area contributed by atoms with Crippen LogP contribution in [0.2, 0.25) is 0 Å². The summed E-state index contributed by atoms with van der Waals surface area (Å²) < 4.78 is 19.3. The third-order valence-electron chi connectivity index (χ3n) is 7.96. The first-order valence-corrected chi connectivity index (χ1v) is 13.8. The van der Waals surface area contributed by atoms with Crippen LogP contribution in [-0.4, -0.2) is 23.9 Å². The summed E-state index contributed by atoms with van der Waals surface area (Å²) in [5.41, 5.74) is 2.52. The summed E-state index contributed by atoms with van der Waals surface area (Å²) in [7, 11) is 1.70. The summed E-state index contributed by atoms with van der Waals surface area (Å²) in [4.78, 5) is 0. The quantitative estimate of drug-likeness (QED) is 0.348. The fourth-order valence-electron chi connectivity index (χ4n) is 5.79. The molecule has 0 amide bonds. The van der Waals surface area contributed by atoms with Crippen molar-refractivity contribution in [2.75, 3.05) is 7.11 Å². The van der Waals surface area contributed by atoms with E-state index in [1.165, 1.54) is 31.2 Å². The Labute approximate surface area is 219 Å². The number of hydrogen-bond acceptors (Lipinski definition) is 3. The Balaban J connectivity index is 1.45. The van der Waals surface area contributed by atoms with Crippen molar-refractivity contribution in [2.45, 2.75) is 83.3 Å². The van der Waals surface area contributed by atoms with E-state index in [1.54, 1.807) is 7.11 Å². The van der Waals surface area contributed by atoms with Gasteiger partial charge >= 0.3 is 220 Å². The molecule has 2 aromatic rings. The van der Waals surface area contributed by atoms with E-state index in [4.69, 9.17) is 14.2 Å². The molecule has 0 aromatic heterocycles. The van der Waals surface area contributed by atoms with Crippen molar-refractivity contribution in [1.29, 1.82) is 0 Å². The predicted molar refractivity (Wildman–Crippen MR) is 141 cm³/mol. The third-order valence-corrected chi connectivity index (χ3v) is 8.32. The molecule has 0 spiro atoms. The first-order chi connectivity index (χ1) is 16.9. The van der Waals surface area contributed by atoms with Crippen LogP contribution in [0, 0.1) is 11.8 Å². The van der Waals surface area contributed by atoms with Crippen molar-refractivity contribution in [3.63, 3.8) is 0 Å². The zero-order valence-corrected chi connectivity index (χ0v) is 22.9. The van der Waals surface area contributed by atoms with Crippen molar-refractivity contribution in [3.8, 4) is 11.5 Å². The summed E-state index contributed by atoms with van der Waals surface area (Å²) >= 11 is 3.17. The van der Waals surface area contributed by atoms with E-state index in [0.717, 1.165) is 40.9 Å². The molecule has 188 valence electrons. The topological polar surface area (TPSA) is 27.7 Å². The molecule has 4 heteroatoms. The molecule has 4 rings (SSSR count). The van der Waals surface area contributed by atoms with Gasteiger partial charge in [0.2, 0.25) is 0 Å². The molecule has 2 fully saturated rings. The fourth-order valence-corrected chi connectivity index (χ4v) is 6.09. The minimum atomic E-state index is 0.0541. The first kappa shape index (κ1) is 26.2. The molecule has 3 atom stereocenters. The van der Waals surface area contributed by atoms with Gasteiger partial charge in [-0.05, 0) is 0 Å². The molecule has 0 heterocycles. The number of hydrogen-bond donors (Lipinski definition) is 0. The van der Waals surface area contributed by atoms with Crippen LogP contribution in [0.4, 0.5) is 0 Å². The second kappa shape index (κ2) is 11.9. The average Bonchev–Trinajstić information content (AvgIpc) is 3.36. The summed E-state index contributed by atoms with van der Waals surface area (Å²) in [6.45, 7) is 7.09. The molecule has 2 aliphatic carbocycles. The molecule has 35 heavy (non-hydrogen) atoms. The Morgan fingerprint density at radius 3 is 2.43 bits per heavy atom. The maximum absolute atomic E-state index is 6.61. The number of ether oxygens (including phenoxy) is 3.